The molecule has 0 heterocycles. The maximum absolute atomic E-state index is 12.3. The molecule has 2 aromatic rings. The van der Waals surface area contributed by atoms with Crippen molar-refractivity contribution in [2.75, 3.05) is 6.54 Å². The Kier molecular flexibility index (Phi) is 7.17. The van der Waals surface area contributed by atoms with Crippen LogP contribution < -0.4 is 10.6 Å². The standard InChI is InChI=1S/C23H30N2O2/c1-17(21(26)24-16-8-11-18-9-6-5-7-10-18)25-22(27)19-12-14-20(15-13-19)23(2,3)4/h5-7,9-10,12-15,17H,8,11,16H2,1-4H3,(H,24,26)(H,25,27). The van der Waals surface area contributed by atoms with Crippen molar-refractivity contribution in [2.45, 2.75) is 52.0 Å². The summed E-state index contributed by atoms with van der Waals surface area (Å²) in [5.41, 5.74) is 3.03. The third-order valence-corrected chi connectivity index (χ3v) is 4.54. The summed E-state index contributed by atoms with van der Waals surface area (Å²) in [5.74, 6) is -0.398. The first kappa shape index (κ1) is 20.7. The van der Waals surface area contributed by atoms with Crippen LogP contribution in [0.3, 0.4) is 0 Å². The van der Waals surface area contributed by atoms with E-state index in [0.29, 0.717) is 12.1 Å². The number of carbonyl (C=O) groups is 2. The molecule has 2 N–H and O–H groups in total. The molecular formula is C23H30N2O2. The van der Waals surface area contributed by atoms with Gasteiger partial charge in [-0.05, 0) is 48.4 Å². The molecule has 1 unspecified atom stereocenters. The minimum atomic E-state index is -0.573. The number of carbonyl (C=O) groups excluding carboxylic acids is 2. The van der Waals surface area contributed by atoms with Crippen LogP contribution in [-0.2, 0) is 16.6 Å². The van der Waals surface area contributed by atoms with E-state index in [-0.39, 0.29) is 17.2 Å². The molecule has 0 saturated carbocycles. The van der Waals surface area contributed by atoms with Crippen molar-refractivity contribution in [3.63, 3.8) is 0 Å². The van der Waals surface area contributed by atoms with Crippen LogP contribution in [0.2, 0.25) is 0 Å². The zero-order valence-electron chi connectivity index (χ0n) is 16.7. The van der Waals surface area contributed by atoms with Gasteiger partial charge in [0.05, 0.1) is 0 Å². The second kappa shape index (κ2) is 9.36. The maximum atomic E-state index is 12.3. The molecule has 0 spiro atoms. The lowest BCUT2D eigenvalue weighted by molar-refractivity contribution is -0.122. The van der Waals surface area contributed by atoms with Crippen LogP contribution in [0.4, 0.5) is 0 Å². The first-order valence-corrected chi connectivity index (χ1v) is 9.50. The number of nitrogens with one attached hydrogen (secondary N) is 2. The zero-order chi connectivity index (χ0) is 19.9. The van der Waals surface area contributed by atoms with E-state index in [1.54, 1.807) is 19.1 Å². The van der Waals surface area contributed by atoms with Gasteiger partial charge in [-0.25, -0.2) is 0 Å². The van der Waals surface area contributed by atoms with E-state index in [1.165, 1.54) is 11.1 Å². The van der Waals surface area contributed by atoms with Gasteiger partial charge in [0, 0.05) is 12.1 Å². The van der Waals surface area contributed by atoms with E-state index in [9.17, 15) is 9.59 Å². The summed E-state index contributed by atoms with van der Waals surface area (Å²) in [6.07, 6.45) is 1.78. The second-order valence-electron chi connectivity index (χ2n) is 7.90. The van der Waals surface area contributed by atoms with Crippen molar-refractivity contribution in [2.24, 2.45) is 0 Å². The highest BCUT2D eigenvalue weighted by molar-refractivity contribution is 5.97. The summed E-state index contributed by atoms with van der Waals surface area (Å²) < 4.78 is 0. The molecule has 0 radical (unpaired) electrons. The van der Waals surface area contributed by atoms with Crippen molar-refractivity contribution >= 4 is 11.8 Å². The van der Waals surface area contributed by atoms with Gasteiger partial charge in [0.1, 0.15) is 6.04 Å². The molecule has 0 fully saturated rings. The van der Waals surface area contributed by atoms with E-state index in [0.717, 1.165) is 12.8 Å². The summed E-state index contributed by atoms with van der Waals surface area (Å²) in [6.45, 7) is 8.69. The monoisotopic (exact) mass is 366 g/mol. The van der Waals surface area contributed by atoms with Crippen molar-refractivity contribution < 1.29 is 9.59 Å². The molecular weight excluding hydrogens is 336 g/mol. The Labute approximate surface area is 162 Å². The Hall–Kier alpha value is -2.62. The molecule has 2 aromatic carbocycles. The number of rotatable bonds is 7. The van der Waals surface area contributed by atoms with Gasteiger partial charge in [-0.15, -0.1) is 0 Å². The fourth-order valence-electron chi connectivity index (χ4n) is 2.77. The molecule has 1 atom stereocenters. The fourth-order valence-corrected chi connectivity index (χ4v) is 2.77. The van der Waals surface area contributed by atoms with E-state index in [2.05, 4.69) is 43.5 Å². The second-order valence-corrected chi connectivity index (χ2v) is 7.90. The van der Waals surface area contributed by atoms with E-state index in [1.807, 2.05) is 30.3 Å². The molecule has 2 amide bonds. The molecule has 144 valence electrons. The maximum Gasteiger partial charge on any atom is 0.251 e. The molecule has 27 heavy (non-hydrogen) atoms. The van der Waals surface area contributed by atoms with Crippen LogP contribution in [0.25, 0.3) is 0 Å². The van der Waals surface area contributed by atoms with Gasteiger partial charge in [0.25, 0.3) is 5.91 Å². The number of aryl methyl sites for hydroxylation is 1. The molecule has 0 aliphatic carbocycles. The van der Waals surface area contributed by atoms with Gasteiger partial charge in [-0.1, -0.05) is 63.2 Å². The molecule has 0 bridgehead atoms. The van der Waals surface area contributed by atoms with Crippen LogP contribution in [0, 0.1) is 0 Å². The largest absolute Gasteiger partial charge is 0.354 e. The third-order valence-electron chi connectivity index (χ3n) is 4.54. The SMILES string of the molecule is CC(NC(=O)c1ccc(C(C)(C)C)cc1)C(=O)NCCCc1ccccc1. The zero-order valence-corrected chi connectivity index (χ0v) is 16.7. The van der Waals surface area contributed by atoms with Gasteiger partial charge >= 0.3 is 0 Å². The van der Waals surface area contributed by atoms with Crippen LogP contribution in [0.5, 0.6) is 0 Å². The summed E-state index contributed by atoms with van der Waals surface area (Å²) >= 11 is 0. The summed E-state index contributed by atoms with van der Waals surface area (Å²) in [4.78, 5) is 24.5. The van der Waals surface area contributed by atoms with Crippen LogP contribution in [0.1, 0.15) is 55.6 Å². The number of hydrogen-bond acceptors (Lipinski definition) is 2. The van der Waals surface area contributed by atoms with E-state index < -0.39 is 6.04 Å². The van der Waals surface area contributed by atoms with Crippen molar-refractivity contribution in [3.05, 3.63) is 71.3 Å². The van der Waals surface area contributed by atoms with Crippen molar-refractivity contribution in [1.29, 1.82) is 0 Å². The highest BCUT2D eigenvalue weighted by Crippen LogP contribution is 2.22. The number of benzene rings is 2. The minimum Gasteiger partial charge on any atom is -0.354 e. The topological polar surface area (TPSA) is 58.2 Å². The Morgan fingerprint density at radius 1 is 0.963 bits per heavy atom. The van der Waals surface area contributed by atoms with E-state index in [4.69, 9.17) is 0 Å². The first-order chi connectivity index (χ1) is 12.8. The highest BCUT2D eigenvalue weighted by Gasteiger charge is 2.17. The van der Waals surface area contributed by atoms with Crippen molar-refractivity contribution in [3.8, 4) is 0 Å². The Morgan fingerprint density at radius 3 is 2.19 bits per heavy atom. The summed E-state index contributed by atoms with van der Waals surface area (Å²) in [6, 6.07) is 17.1. The van der Waals surface area contributed by atoms with E-state index >= 15 is 0 Å². The molecule has 2 rings (SSSR count). The predicted octanol–water partition coefficient (Wildman–Crippen LogP) is 3.85. The summed E-state index contributed by atoms with van der Waals surface area (Å²) in [7, 11) is 0. The average molecular weight is 367 g/mol. The number of hydrogen-bond donors (Lipinski definition) is 2. The Bertz CT molecular complexity index is 746. The quantitative estimate of drug-likeness (QED) is 0.731. The predicted molar refractivity (Wildman–Crippen MR) is 110 cm³/mol. The smallest absolute Gasteiger partial charge is 0.251 e. The van der Waals surface area contributed by atoms with Crippen molar-refractivity contribution in [1.82, 2.24) is 10.6 Å². The Balaban J connectivity index is 1.77. The lowest BCUT2D eigenvalue weighted by Crippen LogP contribution is -2.45. The molecule has 4 heteroatoms. The molecule has 0 aliphatic rings. The lowest BCUT2D eigenvalue weighted by Gasteiger charge is -2.19. The number of amides is 2. The van der Waals surface area contributed by atoms with Gasteiger partial charge in [-0.2, -0.15) is 0 Å². The normalized spacial score (nSPS) is 12.3. The first-order valence-electron chi connectivity index (χ1n) is 9.50. The van der Waals surface area contributed by atoms with Crippen LogP contribution in [0.15, 0.2) is 54.6 Å². The molecule has 0 aliphatic heterocycles. The van der Waals surface area contributed by atoms with Crippen LogP contribution >= 0.6 is 0 Å². The average Bonchev–Trinajstić information content (AvgIpc) is 2.65. The van der Waals surface area contributed by atoms with Crippen LogP contribution in [-0.4, -0.2) is 24.4 Å². The third kappa shape index (κ3) is 6.55. The lowest BCUT2D eigenvalue weighted by atomic mass is 9.86. The molecule has 0 aromatic heterocycles. The van der Waals surface area contributed by atoms with Gasteiger partial charge in [0.15, 0.2) is 0 Å². The molecule has 0 saturated heterocycles. The summed E-state index contributed by atoms with van der Waals surface area (Å²) in [5, 5.41) is 5.65. The van der Waals surface area contributed by atoms with Gasteiger partial charge in [-0.3, -0.25) is 9.59 Å². The highest BCUT2D eigenvalue weighted by atomic mass is 16.2. The molecule has 4 nitrogen and oxygen atoms in total. The Morgan fingerprint density at radius 2 is 1.59 bits per heavy atom. The van der Waals surface area contributed by atoms with Gasteiger partial charge in [0.2, 0.25) is 5.91 Å². The van der Waals surface area contributed by atoms with Gasteiger partial charge < -0.3 is 10.6 Å². The fraction of sp³-hybridized carbons (Fsp3) is 0.391. The minimum absolute atomic E-state index is 0.0436.